The Balaban J connectivity index is 0.00000363. The Morgan fingerprint density at radius 3 is 2.56 bits per heavy atom. The van der Waals surface area contributed by atoms with E-state index in [9.17, 15) is 0 Å². The van der Waals surface area contributed by atoms with Gasteiger partial charge in [0.25, 0.3) is 0 Å². The summed E-state index contributed by atoms with van der Waals surface area (Å²) < 4.78 is 18.4. The van der Waals surface area contributed by atoms with E-state index < -0.39 is 0 Å². The number of hydrogen-bond acceptors (Lipinski definition) is 7. The normalized spacial score (nSPS) is 15.6. The molecule has 1 aliphatic rings. The van der Waals surface area contributed by atoms with Gasteiger partial charge in [-0.1, -0.05) is 6.07 Å². The fourth-order valence-electron chi connectivity index (χ4n) is 3.54. The van der Waals surface area contributed by atoms with Crippen LogP contribution in [0.3, 0.4) is 0 Å². The van der Waals surface area contributed by atoms with Gasteiger partial charge in [-0.3, -0.25) is 4.90 Å². The highest BCUT2D eigenvalue weighted by Crippen LogP contribution is 2.32. The number of ether oxygens (including phenoxy) is 3. The average molecular weight is 559 g/mol. The first-order valence-electron chi connectivity index (χ1n) is 10.5. The third kappa shape index (κ3) is 6.94. The molecular formula is C21H34IN7O3. The summed E-state index contributed by atoms with van der Waals surface area (Å²) >= 11 is 0. The smallest absolute Gasteiger partial charge is 0.191 e. The number of hydrogen-bond donors (Lipinski definition) is 2. The molecule has 10 nitrogen and oxygen atoms in total. The monoisotopic (exact) mass is 559 g/mol. The van der Waals surface area contributed by atoms with Crippen LogP contribution in [0.15, 0.2) is 29.5 Å². The van der Waals surface area contributed by atoms with Crippen LogP contribution in [-0.2, 0) is 18.3 Å². The van der Waals surface area contributed by atoms with Gasteiger partial charge in [-0.15, -0.1) is 34.2 Å². The van der Waals surface area contributed by atoms with Gasteiger partial charge in [-0.05, 0) is 24.6 Å². The maximum atomic E-state index is 5.56. The number of guanidine groups is 1. The summed E-state index contributed by atoms with van der Waals surface area (Å²) in [4.78, 5) is 7.09. The van der Waals surface area contributed by atoms with Crippen LogP contribution in [0.1, 0.15) is 24.4 Å². The topological polar surface area (TPSA) is 98.1 Å². The van der Waals surface area contributed by atoms with Crippen LogP contribution in [0.2, 0.25) is 0 Å². The Hall–Kier alpha value is -2.12. The lowest BCUT2D eigenvalue weighted by atomic mass is 10.0. The van der Waals surface area contributed by atoms with E-state index in [-0.39, 0.29) is 30.0 Å². The zero-order chi connectivity index (χ0) is 22.1. The summed E-state index contributed by atoms with van der Waals surface area (Å²) in [6.07, 6.45) is 1.68. The van der Waals surface area contributed by atoms with Gasteiger partial charge in [-0.2, -0.15) is 0 Å². The Kier molecular flexibility index (Phi) is 11.0. The molecule has 1 fully saturated rings. The van der Waals surface area contributed by atoms with Gasteiger partial charge in [0.1, 0.15) is 12.9 Å². The summed E-state index contributed by atoms with van der Waals surface area (Å²) in [5.41, 5.74) is 1.15. The molecule has 1 unspecified atom stereocenters. The number of aromatic nitrogens is 3. The summed E-state index contributed by atoms with van der Waals surface area (Å²) in [6, 6.07) is 6.22. The van der Waals surface area contributed by atoms with E-state index in [0.717, 1.165) is 61.7 Å². The number of aliphatic imine (C=N–C) groups is 1. The minimum Gasteiger partial charge on any atom is -0.493 e. The summed E-state index contributed by atoms with van der Waals surface area (Å²) in [7, 11) is 5.22. The van der Waals surface area contributed by atoms with Gasteiger partial charge in [0.2, 0.25) is 0 Å². The van der Waals surface area contributed by atoms with Gasteiger partial charge >= 0.3 is 0 Å². The second kappa shape index (κ2) is 13.4. The molecule has 1 aromatic heterocycles. The third-order valence-corrected chi connectivity index (χ3v) is 5.27. The van der Waals surface area contributed by atoms with Crippen molar-refractivity contribution in [1.82, 2.24) is 30.3 Å². The van der Waals surface area contributed by atoms with Crippen molar-refractivity contribution in [1.29, 1.82) is 0 Å². The van der Waals surface area contributed by atoms with Crippen molar-refractivity contribution in [3.8, 4) is 11.5 Å². The Labute approximate surface area is 206 Å². The molecule has 0 saturated carbocycles. The lowest BCUT2D eigenvalue weighted by Gasteiger charge is -2.35. The van der Waals surface area contributed by atoms with E-state index in [4.69, 9.17) is 14.2 Å². The van der Waals surface area contributed by atoms with Crippen molar-refractivity contribution in [3.05, 3.63) is 35.9 Å². The standard InChI is InChI=1S/C21H33N7O3.HI/c1-5-22-21(24-14-20-26-25-15-27(20)2)23-13-17(28-8-10-31-11-9-28)16-6-7-18(29-3)19(12-16)30-4;/h6-7,12,15,17H,5,8-11,13-14H2,1-4H3,(H2,22,23,24);1H. The Bertz CT molecular complexity index is 856. The van der Waals surface area contributed by atoms with Crippen LogP contribution in [0, 0.1) is 0 Å². The molecule has 2 heterocycles. The molecule has 0 bridgehead atoms. The highest BCUT2D eigenvalue weighted by Gasteiger charge is 2.24. The lowest BCUT2D eigenvalue weighted by Crippen LogP contribution is -2.46. The quantitative estimate of drug-likeness (QED) is 0.272. The first-order chi connectivity index (χ1) is 15.2. The van der Waals surface area contributed by atoms with Crippen molar-refractivity contribution >= 4 is 29.9 Å². The molecule has 3 rings (SSSR count). The van der Waals surface area contributed by atoms with Crippen molar-refractivity contribution in [2.24, 2.45) is 12.0 Å². The second-order valence-electron chi connectivity index (χ2n) is 7.21. The van der Waals surface area contributed by atoms with Crippen LogP contribution in [-0.4, -0.2) is 79.2 Å². The molecular weight excluding hydrogens is 525 g/mol. The zero-order valence-corrected chi connectivity index (χ0v) is 21.5. The van der Waals surface area contributed by atoms with Crippen LogP contribution in [0.4, 0.5) is 0 Å². The molecule has 11 heteroatoms. The molecule has 32 heavy (non-hydrogen) atoms. The molecule has 0 radical (unpaired) electrons. The average Bonchev–Trinajstić information content (AvgIpc) is 3.22. The highest BCUT2D eigenvalue weighted by molar-refractivity contribution is 14.0. The van der Waals surface area contributed by atoms with Crippen molar-refractivity contribution < 1.29 is 14.2 Å². The summed E-state index contributed by atoms with van der Waals surface area (Å²) in [6.45, 7) is 7.13. The molecule has 0 spiro atoms. The minimum atomic E-state index is 0. The van der Waals surface area contributed by atoms with Gasteiger partial charge in [0.15, 0.2) is 23.3 Å². The molecule has 2 N–H and O–H groups in total. The fourth-order valence-corrected chi connectivity index (χ4v) is 3.54. The maximum Gasteiger partial charge on any atom is 0.191 e. The first kappa shape index (κ1) is 26.1. The number of benzene rings is 1. The second-order valence-corrected chi connectivity index (χ2v) is 7.21. The van der Waals surface area contributed by atoms with E-state index in [1.165, 1.54) is 0 Å². The number of methoxy groups -OCH3 is 2. The van der Waals surface area contributed by atoms with Gasteiger partial charge in [0, 0.05) is 33.2 Å². The van der Waals surface area contributed by atoms with Crippen LogP contribution >= 0.6 is 24.0 Å². The molecule has 178 valence electrons. The number of morpholine rings is 1. The zero-order valence-electron chi connectivity index (χ0n) is 19.2. The molecule has 2 aromatic rings. The predicted octanol–water partition coefficient (Wildman–Crippen LogP) is 1.58. The van der Waals surface area contributed by atoms with Crippen molar-refractivity contribution in [3.63, 3.8) is 0 Å². The molecule has 0 aliphatic carbocycles. The summed E-state index contributed by atoms with van der Waals surface area (Å²) in [5, 5.41) is 14.8. The van der Waals surface area contributed by atoms with Crippen LogP contribution < -0.4 is 20.1 Å². The van der Waals surface area contributed by atoms with Crippen LogP contribution in [0.25, 0.3) is 0 Å². The van der Waals surface area contributed by atoms with Gasteiger partial charge in [0.05, 0.1) is 33.5 Å². The molecule has 0 amide bonds. The fraction of sp³-hybridized carbons (Fsp3) is 0.571. The van der Waals surface area contributed by atoms with E-state index in [1.807, 2.05) is 30.7 Å². The number of aryl methyl sites for hydroxylation is 1. The molecule has 1 aliphatic heterocycles. The molecule has 1 atom stereocenters. The molecule has 1 saturated heterocycles. The highest BCUT2D eigenvalue weighted by atomic mass is 127. The molecule has 1 aromatic carbocycles. The van der Waals surface area contributed by atoms with Crippen molar-refractivity contribution in [2.75, 3.05) is 53.6 Å². The first-order valence-corrected chi connectivity index (χ1v) is 10.5. The van der Waals surface area contributed by atoms with E-state index >= 15 is 0 Å². The van der Waals surface area contributed by atoms with Gasteiger partial charge in [-0.25, -0.2) is 4.99 Å². The summed E-state index contributed by atoms with van der Waals surface area (Å²) in [5.74, 6) is 2.99. The number of nitrogens with one attached hydrogen (secondary N) is 2. The largest absolute Gasteiger partial charge is 0.493 e. The predicted molar refractivity (Wildman–Crippen MR) is 134 cm³/mol. The Morgan fingerprint density at radius 1 is 1.19 bits per heavy atom. The lowest BCUT2D eigenvalue weighted by molar-refractivity contribution is 0.0169. The van der Waals surface area contributed by atoms with Crippen molar-refractivity contribution in [2.45, 2.75) is 19.5 Å². The van der Waals surface area contributed by atoms with Gasteiger partial charge < -0.3 is 29.4 Å². The van der Waals surface area contributed by atoms with E-state index in [1.54, 1.807) is 20.5 Å². The number of halogens is 1. The maximum absolute atomic E-state index is 5.56. The third-order valence-electron chi connectivity index (χ3n) is 5.27. The Morgan fingerprint density at radius 2 is 1.94 bits per heavy atom. The van der Waals surface area contributed by atoms with E-state index in [0.29, 0.717) is 13.1 Å². The SMILES string of the molecule is CCNC(=NCc1nncn1C)NCC(c1ccc(OC)c(OC)c1)N1CCOCC1.I. The van der Waals surface area contributed by atoms with E-state index in [2.05, 4.69) is 36.8 Å². The number of rotatable bonds is 9. The number of nitrogens with zero attached hydrogens (tertiary/aromatic N) is 5. The minimum absolute atomic E-state index is 0. The van der Waals surface area contributed by atoms with Crippen LogP contribution in [0.5, 0.6) is 11.5 Å².